The van der Waals surface area contributed by atoms with E-state index >= 15 is 4.39 Å². The van der Waals surface area contributed by atoms with E-state index in [1.165, 1.54) is 40.0 Å². The van der Waals surface area contributed by atoms with Gasteiger partial charge in [0.1, 0.15) is 12.2 Å². The summed E-state index contributed by atoms with van der Waals surface area (Å²) in [7, 11) is 1.12. The van der Waals surface area contributed by atoms with Gasteiger partial charge in [0.2, 0.25) is 18.0 Å². The highest BCUT2D eigenvalue weighted by molar-refractivity contribution is 8.00. The Hall–Kier alpha value is -3.62. The van der Waals surface area contributed by atoms with Gasteiger partial charge in [-0.2, -0.15) is 0 Å². The van der Waals surface area contributed by atoms with Crippen LogP contribution in [0.25, 0.3) is 0 Å². The number of aromatic nitrogens is 1. The van der Waals surface area contributed by atoms with Crippen molar-refractivity contribution in [2.24, 2.45) is 0 Å². The molecule has 0 N–H and O–H groups in total. The van der Waals surface area contributed by atoms with Crippen LogP contribution in [-0.2, 0) is 20.0 Å². The predicted octanol–water partition coefficient (Wildman–Crippen LogP) is 3.45. The van der Waals surface area contributed by atoms with Crippen molar-refractivity contribution >= 4 is 35.2 Å². The van der Waals surface area contributed by atoms with Gasteiger partial charge in [-0.25, -0.2) is 13.6 Å². The number of nitrogens with zero attached hydrogens (tertiary/aromatic N) is 3. The molecule has 39 heavy (non-hydrogen) atoms. The van der Waals surface area contributed by atoms with Crippen molar-refractivity contribution in [3.05, 3.63) is 80.1 Å². The number of rotatable bonds is 4. The molecule has 6 rings (SSSR count). The normalized spacial score (nSPS) is 19.8. The molecule has 0 aliphatic carbocycles. The van der Waals surface area contributed by atoms with Crippen LogP contribution in [0, 0.1) is 11.6 Å². The molecule has 14 heteroatoms. The van der Waals surface area contributed by atoms with E-state index in [0.717, 1.165) is 22.9 Å². The van der Waals surface area contributed by atoms with Gasteiger partial charge in [0.25, 0.3) is 5.91 Å². The summed E-state index contributed by atoms with van der Waals surface area (Å²) in [5.41, 5.74) is 0.900. The topological polar surface area (TPSA) is 99.5 Å². The minimum Gasteiger partial charge on any atom is -0.451 e. The predicted molar refractivity (Wildman–Crippen MR) is 136 cm³/mol. The fourth-order valence-electron chi connectivity index (χ4n) is 5.08. The summed E-state index contributed by atoms with van der Waals surface area (Å²) in [6, 6.07) is 5.12. The number of fused-ring (bicyclic) bond motifs is 4. The van der Waals surface area contributed by atoms with E-state index < -0.39 is 48.1 Å². The number of amides is 1. The molecule has 1 saturated heterocycles. The number of pyridine rings is 1. The molecule has 1 fully saturated rings. The molecule has 204 valence electrons. The molecule has 10 nitrogen and oxygen atoms in total. The number of morpholine rings is 1. The number of thiophene rings is 1. The summed E-state index contributed by atoms with van der Waals surface area (Å²) >= 11 is 2.90. The monoisotopic (exact) mass is 577 g/mol. The summed E-state index contributed by atoms with van der Waals surface area (Å²) in [6.45, 7) is -0.0267. The van der Waals surface area contributed by atoms with Gasteiger partial charge < -0.3 is 23.8 Å². The SMILES string of the molecule is COC(=O)OCOc1c2n(ccc1=O)N(C1c3ccsc3SCc3c1ccc(F)c3F)[C@@H]1COCCN1C2=O. The summed E-state index contributed by atoms with van der Waals surface area (Å²) in [5, 5.41) is 3.75. The Kier molecular flexibility index (Phi) is 6.69. The molecule has 1 unspecified atom stereocenters. The first-order valence-electron chi connectivity index (χ1n) is 11.8. The highest BCUT2D eigenvalue weighted by Crippen LogP contribution is 2.47. The van der Waals surface area contributed by atoms with Crippen LogP contribution in [0.2, 0.25) is 0 Å². The number of hydrogen-bond acceptors (Lipinski definition) is 10. The first-order chi connectivity index (χ1) is 18.9. The highest BCUT2D eigenvalue weighted by atomic mass is 32.2. The van der Waals surface area contributed by atoms with E-state index in [0.29, 0.717) is 5.56 Å². The van der Waals surface area contributed by atoms with Crippen LogP contribution in [0.1, 0.15) is 33.2 Å². The maximum absolute atomic E-state index is 15.2. The number of thioether (sulfide) groups is 1. The van der Waals surface area contributed by atoms with Gasteiger partial charge in [-0.05, 0) is 23.1 Å². The Bertz CT molecular complexity index is 1530. The minimum absolute atomic E-state index is 0.0908. The average Bonchev–Trinajstić information content (AvgIpc) is 3.35. The Labute approximate surface area is 228 Å². The zero-order chi connectivity index (χ0) is 27.3. The number of halogens is 2. The molecular formula is C25H21F2N3O7S2. The average molecular weight is 578 g/mol. The van der Waals surface area contributed by atoms with Gasteiger partial charge in [-0.3, -0.25) is 19.3 Å². The molecule has 5 heterocycles. The summed E-state index contributed by atoms with van der Waals surface area (Å²) < 4.78 is 52.4. The molecule has 3 aliphatic heterocycles. The van der Waals surface area contributed by atoms with E-state index in [1.54, 1.807) is 11.0 Å². The van der Waals surface area contributed by atoms with E-state index in [2.05, 4.69) is 4.74 Å². The van der Waals surface area contributed by atoms with Crippen LogP contribution in [-0.4, -0.2) is 61.5 Å². The molecular weight excluding hydrogens is 556 g/mol. The lowest BCUT2D eigenvalue weighted by Crippen LogP contribution is -2.66. The Morgan fingerprint density at radius 1 is 1.18 bits per heavy atom. The molecule has 3 aliphatic rings. The maximum atomic E-state index is 15.2. The van der Waals surface area contributed by atoms with E-state index in [4.69, 9.17) is 14.2 Å². The zero-order valence-corrected chi connectivity index (χ0v) is 22.1. The second-order valence-corrected chi connectivity index (χ2v) is 10.9. The van der Waals surface area contributed by atoms with Crippen LogP contribution >= 0.6 is 23.1 Å². The van der Waals surface area contributed by atoms with Crippen molar-refractivity contribution < 1.29 is 37.3 Å². The van der Waals surface area contributed by atoms with Gasteiger partial charge in [0, 0.05) is 35.7 Å². The van der Waals surface area contributed by atoms with Gasteiger partial charge in [0.15, 0.2) is 17.3 Å². The van der Waals surface area contributed by atoms with Crippen molar-refractivity contribution in [3.63, 3.8) is 0 Å². The summed E-state index contributed by atoms with van der Waals surface area (Å²) in [6.07, 6.45) is -0.214. The Morgan fingerprint density at radius 3 is 2.85 bits per heavy atom. The molecule has 0 bridgehead atoms. The lowest BCUT2D eigenvalue weighted by Gasteiger charge is -2.51. The highest BCUT2D eigenvalue weighted by Gasteiger charge is 2.46. The quantitative estimate of drug-likeness (QED) is 0.341. The fraction of sp³-hybridized carbons (Fsp3) is 0.320. The minimum atomic E-state index is -1.02. The third-order valence-corrected chi connectivity index (χ3v) is 9.09. The first-order valence-corrected chi connectivity index (χ1v) is 13.7. The molecule has 3 aromatic rings. The van der Waals surface area contributed by atoms with Crippen molar-refractivity contribution in [2.45, 2.75) is 22.2 Å². The second-order valence-electron chi connectivity index (χ2n) is 8.78. The van der Waals surface area contributed by atoms with E-state index in [-0.39, 0.29) is 42.5 Å². The van der Waals surface area contributed by atoms with Crippen molar-refractivity contribution in [2.75, 3.05) is 38.7 Å². The molecule has 0 spiro atoms. The molecule has 0 saturated carbocycles. The fourth-order valence-corrected chi connectivity index (χ4v) is 7.27. The van der Waals surface area contributed by atoms with E-state index in [1.807, 2.05) is 16.5 Å². The molecule has 0 radical (unpaired) electrons. The van der Waals surface area contributed by atoms with Crippen LogP contribution in [0.5, 0.6) is 5.75 Å². The lowest BCUT2D eigenvalue weighted by atomic mass is 9.94. The van der Waals surface area contributed by atoms with Gasteiger partial charge in [0.05, 0.1) is 24.5 Å². The molecule has 1 amide bonds. The second kappa shape index (κ2) is 10.2. The number of methoxy groups -OCH3 is 1. The molecule has 2 atom stereocenters. The van der Waals surface area contributed by atoms with Crippen LogP contribution in [0.4, 0.5) is 13.6 Å². The Balaban J connectivity index is 1.56. The lowest BCUT2D eigenvalue weighted by molar-refractivity contribution is -0.0209. The maximum Gasteiger partial charge on any atom is 0.510 e. The summed E-state index contributed by atoms with van der Waals surface area (Å²) in [4.78, 5) is 39.7. The Morgan fingerprint density at radius 2 is 2.03 bits per heavy atom. The number of ether oxygens (including phenoxy) is 4. The van der Waals surface area contributed by atoms with E-state index in [9.17, 15) is 18.8 Å². The third kappa shape index (κ3) is 4.22. The third-order valence-electron chi connectivity index (χ3n) is 6.79. The van der Waals surface area contributed by atoms with Gasteiger partial charge in [-0.15, -0.1) is 23.1 Å². The zero-order valence-electron chi connectivity index (χ0n) is 20.4. The van der Waals surface area contributed by atoms with Gasteiger partial charge in [-0.1, -0.05) is 6.07 Å². The smallest absolute Gasteiger partial charge is 0.451 e. The standard InChI is InChI=1S/C25H21F2N3O7S2/c1-34-25(33)37-12-36-22-17(31)4-6-29-21(22)23(32)28-7-8-35-10-18(28)30(29)20-13-2-3-16(26)19(27)15(13)11-39-24-14(20)5-9-38-24/h2-6,9,18,20H,7-8,10-12H2,1H3/t18-,20?/m1/s1. The van der Waals surface area contributed by atoms with Crippen LogP contribution in [0.3, 0.4) is 0 Å². The van der Waals surface area contributed by atoms with Crippen molar-refractivity contribution in [1.82, 2.24) is 9.58 Å². The first kappa shape index (κ1) is 25.6. The molecule has 1 aromatic carbocycles. The number of benzene rings is 1. The van der Waals surface area contributed by atoms with Crippen molar-refractivity contribution in [3.8, 4) is 5.75 Å². The number of hydrogen-bond donors (Lipinski definition) is 0. The number of carbonyl (C=O) groups is 2. The van der Waals surface area contributed by atoms with Gasteiger partial charge >= 0.3 is 6.16 Å². The van der Waals surface area contributed by atoms with Crippen molar-refractivity contribution in [1.29, 1.82) is 0 Å². The molecule has 2 aromatic heterocycles. The van der Waals surface area contributed by atoms with Crippen LogP contribution < -0.4 is 15.2 Å². The van der Waals surface area contributed by atoms with Crippen LogP contribution in [0.15, 0.2) is 44.8 Å². The largest absolute Gasteiger partial charge is 0.510 e. The number of carbonyl (C=O) groups excluding carboxylic acids is 2. The summed E-state index contributed by atoms with van der Waals surface area (Å²) in [5.74, 6) is -2.45.